The number of nitro benzene ring substituents is 1. The second kappa shape index (κ2) is 17.2. The molecule has 0 radical (unpaired) electrons. The third-order valence-electron chi connectivity index (χ3n) is 7.51. The fraction of sp³-hybridized carbons (Fsp3) is 0.353. The Kier molecular flexibility index (Phi) is 12.8. The number of carbonyl (C=O) groups is 3. The van der Waals surface area contributed by atoms with E-state index in [9.17, 15) is 24.5 Å². The Morgan fingerprint density at radius 3 is 2.44 bits per heavy atom. The fourth-order valence-corrected chi connectivity index (χ4v) is 5.88. The van der Waals surface area contributed by atoms with Crippen molar-refractivity contribution in [2.75, 3.05) is 10.6 Å². The van der Waals surface area contributed by atoms with E-state index in [1.807, 2.05) is 18.2 Å². The number of unbranched alkanes of at least 4 members (excludes halogenated alkanes) is 5. The molecule has 1 aliphatic heterocycles. The zero-order chi connectivity index (χ0) is 34.6. The average molecular weight is 675 g/mol. The van der Waals surface area contributed by atoms with Gasteiger partial charge in [0.25, 0.3) is 11.6 Å². The highest BCUT2D eigenvalue weighted by atomic mass is 32.2. The second-order valence-electron chi connectivity index (χ2n) is 11.3. The minimum atomic E-state index is -1.12. The summed E-state index contributed by atoms with van der Waals surface area (Å²) in [5.41, 5.74) is 1.75. The summed E-state index contributed by atoms with van der Waals surface area (Å²) in [5.74, 6) is -1.60. The number of carbonyl (C=O) groups excluding carboxylic acids is 2. The van der Waals surface area contributed by atoms with Crippen molar-refractivity contribution in [1.82, 2.24) is 0 Å². The third-order valence-corrected chi connectivity index (χ3v) is 8.68. The normalized spacial score (nSPS) is 14.2. The first-order valence-corrected chi connectivity index (χ1v) is 16.5. The first-order valence-electron chi connectivity index (χ1n) is 15.7. The van der Waals surface area contributed by atoms with E-state index >= 15 is 0 Å². The van der Waals surface area contributed by atoms with Crippen LogP contribution < -0.4 is 15.4 Å². The zero-order valence-electron chi connectivity index (χ0n) is 27.0. The van der Waals surface area contributed by atoms with Gasteiger partial charge in [0.05, 0.1) is 4.92 Å². The van der Waals surface area contributed by atoms with Crippen LogP contribution in [0.3, 0.4) is 0 Å². The molecule has 0 aliphatic carbocycles. The Balaban J connectivity index is 1.45. The molecule has 0 saturated carbocycles. The van der Waals surface area contributed by atoms with Crippen LogP contribution in [-0.4, -0.2) is 39.0 Å². The molecule has 3 aromatic rings. The largest absolute Gasteiger partial charge is 0.479 e. The molecule has 13 nitrogen and oxygen atoms in total. The van der Waals surface area contributed by atoms with Gasteiger partial charge in [-0.15, -0.1) is 5.10 Å². The van der Waals surface area contributed by atoms with Gasteiger partial charge in [-0.3, -0.25) is 19.7 Å². The van der Waals surface area contributed by atoms with Gasteiger partial charge in [-0.2, -0.15) is 5.11 Å². The number of aliphatic carboxylic acids is 1. The number of rotatable bonds is 16. The van der Waals surface area contributed by atoms with E-state index in [0.717, 1.165) is 24.8 Å². The van der Waals surface area contributed by atoms with Crippen LogP contribution in [0.25, 0.3) is 0 Å². The third kappa shape index (κ3) is 9.94. The molecule has 0 bridgehead atoms. The van der Waals surface area contributed by atoms with E-state index in [2.05, 4.69) is 33.0 Å². The van der Waals surface area contributed by atoms with E-state index in [1.165, 1.54) is 74.3 Å². The van der Waals surface area contributed by atoms with E-state index in [4.69, 9.17) is 9.84 Å². The number of amides is 2. The van der Waals surface area contributed by atoms with Crippen molar-refractivity contribution in [3.63, 3.8) is 0 Å². The summed E-state index contributed by atoms with van der Waals surface area (Å²) >= 11 is 1.20. The van der Waals surface area contributed by atoms with Crippen molar-refractivity contribution in [2.24, 2.45) is 15.4 Å². The summed E-state index contributed by atoms with van der Waals surface area (Å²) in [7, 11) is 0. The lowest BCUT2D eigenvalue weighted by molar-refractivity contribution is -0.385. The molecule has 4 rings (SSSR count). The van der Waals surface area contributed by atoms with Gasteiger partial charge >= 0.3 is 5.97 Å². The van der Waals surface area contributed by atoms with E-state index < -0.39 is 28.9 Å². The molecule has 1 heterocycles. The molecule has 14 heteroatoms. The van der Waals surface area contributed by atoms with Crippen molar-refractivity contribution in [3.05, 3.63) is 87.5 Å². The number of carboxylic acid groups (broad SMARTS) is 1. The van der Waals surface area contributed by atoms with Gasteiger partial charge in [0.1, 0.15) is 22.4 Å². The predicted molar refractivity (Wildman–Crippen MR) is 184 cm³/mol. The molecule has 2 atom stereocenters. The van der Waals surface area contributed by atoms with Crippen molar-refractivity contribution in [1.29, 1.82) is 0 Å². The summed E-state index contributed by atoms with van der Waals surface area (Å²) in [6.45, 7) is 5.26. The number of hydrogen-bond donors (Lipinski definition) is 3. The summed E-state index contributed by atoms with van der Waals surface area (Å²) in [5, 5.41) is 39.4. The number of nitrogens with zero attached hydrogens (tertiary/aromatic N) is 4. The number of nitrogens with one attached hydrogen (secondary N) is 2. The molecule has 2 amide bonds. The highest BCUT2D eigenvalue weighted by Crippen LogP contribution is 2.38. The highest BCUT2D eigenvalue weighted by Gasteiger charge is 2.28. The van der Waals surface area contributed by atoms with Crippen LogP contribution >= 0.6 is 11.8 Å². The lowest BCUT2D eigenvalue weighted by atomic mass is 10.1. The van der Waals surface area contributed by atoms with Crippen LogP contribution in [0.2, 0.25) is 0 Å². The van der Waals surface area contributed by atoms with Crippen LogP contribution in [0.1, 0.15) is 86.3 Å². The van der Waals surface area contributed by atoms with Crippen LogP contribution in [0.5, 0.6) is 5.75 Å². The zero-order valence-corrected chi connectivity index (χ0v) is 27.8. The van der Waals surface area contributed by atoms with Gasteiger partial charge in [0, 0.05) is 28.8 Å². The molecular weight excluding hydrogens is 636 g/mol. The Bertz CT molecular complexity index is 1710. The maximum absolute atomic E-state index is 13.3. The minimum absolute atomic E-state index is 0.0525. The number of nitro groups is 1. The molecule has 252 valence electrons. The van der Waals surface area contributed by atoms with Gasteiger partial charge in [0.2, 0.25) is 5.91 Å². The van der Waals surface area contributed by atoms with Crippen LogP contribution in [0.4, 0.5) is 17.1 Å². The molecule has 1 aliphatic rings. The highest BCUT2D eigenvalue weighted by molar-refractivity contribution is 8.14. The SMILES string of the molecule is CCCCCCCCC(=O)Nc1cccc(C2N=NN=C2Sc2cc(C(=O)Nc3ccc(OC(C)C(=O)O)cc3)c([N+](=O)[O-])cc2C)c1. The number of ether oxygens (including phenoxy) is 1. The molecule has 0 aromatic heterocycles. The number of carboxylic acids is 1. The van der Waals surface area contributed by atoms with Crippen molar-refractivity contribution in [2.45, 2.75) is 82.8 Å². The molecule has 0 spiro atoms. The van der Waals surface area contributed by atoms with Crippen LogP contribution in [-0.2, 0) is 9.59 Å². The fourth-order valence-electron chi connectivity index (χ4n) is 4.89. The average Bonchev–Trinajstić information content (AvgIpc) is 3.52. The predicted octanol–water partition coefficient (Wildman–Crippen LogP) is 8.31. The number of benzene rings is 3. The summed E-state index contributed by atoms with van der Waals surface area (Å²) in [6, 6.07) is 15.5. The Morgan fingerprint density at radius 1 is 1.00 bits per heavy atom. The Hall–Kier alpha value is -5.11. The minimum Gasteiger partial charge on any atom is -0.479 e. The number of hydrogen-bond acceptors (Lipinski definition) is 10. The van der Waals surface area contributed by atoms with Gasteiger partial charge in [0.15, 0.2) is 6.10 Å². The number of thioether (sulfide) groups is 1. The van der Waals surface area contributed by atoms with Crippen molar-refractivity contribution in [3.8, 4) is 5.75 Å². The van der Waals surface area contributed by atoms with E-state index in [0.29, 0.717) is 33.3 Å². The molecule has 3 aromatic carbocycles. The van der Waals surface area contributed by atoms with Gasteiger partial charge in [-0.1, -0.05) is 62.9 Å². The summed E-state index contributed by atoms with van der Waals surface area (Å²) in [4.78, 5) is 48.7. The standard InChI is InChI=1S/C34H38N6O7S/c1-4-5-6-7-8-9-13-30(41)35-25-12-10-11-23(19-25)31-33(38-39-37-31)48-29-20-27(28(40(45)46)18-21(29)2)32(42)36-24-14-16-26(17-15-24)47-22(3)34(43)44/h10-12,14-20,22,31H,4-9,13H2,1-3H3,(H,35,41)(H,36,42)(H,43,44). The number of aryl methyl sites for hydroxylation is 1. The molecule has 48 heavy (non-hydrogen) atoms. The smallest absolute Gasteiger partial charge is 0.344 e. The lowest BCUT2D eigenvalue weighted by Crippen LogP contribution is -2.22. The first kappa shape index (κ1) is 35.7. The topological polar surface area (TPSA) is 185 Å². The number of anilines is 2. The summed E-state index contributed by atoms with van der Waals surface area (Å²) < 4.78 is 5.31. The van der Waals surface area contributed by atoms with E-state index in [-0.39, 0.29) is 22.9 Å². The van der Waals surface area contributed by atoms with Gasteiger partial charge in [-0.25, -0.2) is 4.79 Å². The Morgan fingerprint density at radius 2 is 1.73 bits per heavy atom. The summed E-state index contributed by atoms with van der Waals surface area (Å²) in [6.07, 6.45) is 5.96. The Labute approximate surface area is 282 Å². The van der Waals surface area contributed by atoms with Crippen LogP contribution in [0.15, 0.2) is 81.0 Å². The molecular formula is C34H38N6O7S. The molecule has 2 unspecified atom stereocenters. The quantitative estimate of drug-likeness (QED) is 0.0769. The monoisotopic (exact) mass is 674 g/mol. The van der Waals surface area contributed by atoms with Crippen LogP contribution in [0, 0.1) is 17.0 Å². The first-order chi connectivity index (χ1) is 23.0. The lowest BCUT2D eigenvalue weighted by Gasteiger charge is -2.14. The molecule has 0 saturated heterocycles. The van der Waals surface area contributed by atoms with Crippen molar-refractivity contribution >= 4 is 51.7 Å². The maximum atomic E-state index is 13.3. The maximum Gasteiger partial charge on any atom is 0.344 e. The van der Waals surface area contributed by atoms with Gasteiger partial charge < -0.3 is 20.5 Å². The second-order valence-corrected chi connectivity index (χ2v) is 12.4. The molecule has 0 fully saturated rings. The van der Waals surface area contributed by atoms with Gasteiger partial charge in [-0.05, 0) is 79.1 Å². The molecule has 3 N–H and O–H groups in total. The van der Waals surface area contributed by atoms with E-state index in [1.54, 1.807) is 13.0 Å². The van der Waals surface area contributed by atoms with Crippen molar-refractivity contribution < 1.29 is 29.2 Å².